The topological polar surface area (TPSA) is 61.4 Å². The predicted molar refractivity (Wildman–Crippen MR) is 133 cm³/mol. The summed E-state index contributed by atoms with van der Waals surface area (Å²) in [6.45, 7) is 10.5. The number of benzene rings is 1. The number of fused-ring (bicyclic) bond motifs is 1. The molecule has 0 saturated carbocycles. The Hall–Kier alpha value is -2.67. The van der Waals surface area contributed by atoms with Crippen LogP contribution in [0.2, 0.25) is 0 Å². The molecule has 1 aromatic carbocycles. The SMILES string of the molecule is Cc1sc2ncnc(N3CCC(C(=O)Nc4ccc(N5CCC(C)C5)cc4)CC3)c2c1C. The second-order valence-electron chi connectivity index (χ2n) is 9.30. The average Bonchev–Trinajstić information content (AvgIpc) is 3.37. The van der Waals surface area contributed by atoms with Gasteiger partial charge < -0.3 is 15.1 Å². The first kappa shape index (κ1) is 21.2. The first-order valence-electron chi connectivity index (χ1n) is 11.6. The minimum Gasteiger partial charge on any atom is -0.371 e. The van der Waals surface area contributed by atoms with Crippen LogP contribution >= 0.6 is 11.3 Å². The normalized spacial score (nSPS) is 19.7. The van der Waals surface area contributed by atoms with Gasteiger partial charge in [0.1, 0.15) is 17.0 Å². The highest BCUT2D eigenvalue weighted by molar-refractivity contribution is 7.18. The average molecular weight is 450 g/mol. The lowest BCUT2D eigenvalue weighted by Crippen LogP contribution is -2.38. The fourth-order valence-corrected chi connectivity index (χ4v) is 5.92. The minimum absolute atomic E-state index is 0.0352. The third-order valence-corrected chi connectivity index (χ3v) is 8.15. The van der Waals surface area contributed by atoms with E-state index in [0.29, 0.717) is 0 Å². The number of nitrogens with zero attached hydrogens (tertiary/aromatic N) is 4. The minimum atomic E-state index is 0.0352. The Bertz CT molecular complexity index is 1120. The van der Waals surface area contributed by atoms with Crippen molar-refractivity contribution in [3.05, 3.63) is 41.0 Å². The molecule has 1 atom stereocenters. The zero-order valence-electron chi connectivity index (χ0n) is 19.1. The van der Waals surface area contributed by atoms with Crippen LogP contribution in [0.5, 0.6) is 0 Å². The summed E-state index contributed by atoms with van der Waals surface area (Å²) in [6, 6.07) is 8.32. The molecule has 0 radical (unpaired) electrons. The highest BCUT2D eigenvalue weighted by Crippen LogP contribution is 2.35. The first-order chi connectivity index (χ1) is 15.5. The summed E-state index contributed by atoms with van der Waals surface area (Å²) in [5.41, 5.74) is 3.40. The monoisotopic (exact) mass is 449 g/mol. The molecule has 0 spiro atoms. The molecular weight excluding hydrogens is 418 g/mol. The Kier molecular flexibility index (Phi) is 5.76. The van der Waals surface area contributed by atoms with Gasteiger partial charge in [0.25, 0.3) is 0 Å². The summed E-state index contributed by atoms with van der Waals surface area (Å²) >= 11 is 1.73. The second-order valence-corrected chi connectivity index (χ2v) is 10.5. The highest BCUT2D eigenvalue weighted by Gasteiger charge is 2.27. The van der Waals surface area contributed by atoms with Crippen molar-refractivity contribution < 1.29 is 4.79 Å². The number of hydrogen-bond donors (Lipinski definition) is 1. The molecule has 6 nitrogen and oxygen atoms in total. The summed E-state index contributed by atoms with van der Waals surface area (Å²) in [4.78, 5) is 29.0. The second kappa shape index (κ2) is 8.70. The fourth-order valence-electron chi connectivity index (χ4n) is 4.93. The molecule has 1 unspecified atom stereocenters. The van der Waals surface area contributed by atoms with E-state index in [0.717, 1.165) is 61.3 Å². The van der Waals surface area contributed by atoms with Crippen LogP contribution < -0.4 is 15.1 Å². The summed E-state index contributed by atoms with van der Waals surface area (Å²) in [5.74, 6) is 1.93. The van der Waals surface area contributed by atoms with Crippen molar-refractivity contribution in [1.82, 2.24) is 9.97 Å². The zero-order chi connectivity index (χ0) is 22.2. The van der Waals surface area contributed by atoms with Crippen molar-refractivity contribution in [2.45, 2.75) is 40.0 Å². The third kappa shape index (κ3) is 4.06. The quantitative estimate of drug-likeness (QED) is 0.607. The van der Waals surface area contributed by atoms with E-state index in [2.05, 4.69) is 58.0 Å². The van der Waals surface area contributed by atoms with Gasteiger partial charge in [-0.05, 0) is 68.9 Å². The predicted octanol–water partition coefficient (Wildman–Crippen LogP) is 5.01. The van der Waals surface area contributed by atoms with Gasteiger partial charge in [0, 0.05) is 48.3 Å². The van der Waals surface area contributed by atoms with Gasteiger partial charge in [0.15, 0.2) is 0 Å². The molecule has 168 valence electrons. The molecule has 1 N–H and O–H groups in total. The molecule has 4 heterocycles. The molecule has 7 heteroatoms. The van der Waals surface area contributed by atoms with Gasteiger partial charge in [-0.2, -0.15) is 0 Å². The Morgan fingerprint density at radius 2 is 1.75 bits per heavy atom. The number of carbonyl (C=O) groups excluding carboxylic acids is 1. The lowest BCUT2D eigenvalue weighted by molar-refractivity contribution is -0.120. The number of thiophene rings is 1. The standard InChI is InChI=1S/C25H31N5OS/c1-16-8-11-30(14-16)21-6-4-20(5-7-21)28-24(31)19-9-12-29(13-10-19)23-22-17(2)18(3)32-25(22)27-15-26-23/h4-7,15-16,19H,8-14H2,1-3H3,(H,28,31). The van der Waals surface area contributed by atoms with E-state index < -0.39 is 0 Å². The lowest BCUT2D eigenvalue weighted by Gasteiger charge is -2.32. The Morgan fingerprint density at radius 1 is 1.03 bits per heavy atom. The fraction of sp³-hybridized carbons (Fsp3) is 0.480. The van der Waals surface area contributed by atoms with Crippen LogP contribution in [0.15, 0.2) is 30.6 Å². The number of hydrogen-bond acceptors (Lipinski definition) is 6. The number of amides is 1. The molecule has 2 saturated heterocycles. The Morgan fingerprint density at radius 3 is 2.44 bits per heavy atom. The van der Waals surface area contributed by atoms with Gasteiger partial charge >= 0.3 is 0 Å². The molecular formula is C25H31N5OS. The van der Waals surface area contributed by atoms with Gasteiger partial charge in [-0.3, -0.25) is 4.79 Å². The van der Waals surface area contributed by atoms with Gasteiger partial charge in [-0.1, -0.05) is 6.92 Å². The van der Waals surface area contributed by atoms with Gasteiger partial charge in [0.2, 0.25) is 5.91 Å². The van der Waals surface area contributed by atoms with Crippen molar-refractivity contribution in [3.63, 3.8) is 0 Å². The van der Waals surface area contributed by atoms with E-state index >= 15 is 0 Å². The van der Waals surface area contributed by atoms with Crippen LogP contribution in [-0.4, -0.2) is 42.1 Å². The number of aromatic nitrogens is 2. The number of aryl methyl sites for hydroxylation is 2. The van der Waals surface area contributed by atoms with Crippen LogP contribution in [0.4, 0.5) is 17.2 Å². The maximum Gasteiger partial charge on any atom is 0.227 e. The number of rotatable bonds is 4. The van der Waals surface area contributed by atoms with E-state index in [1.807, 2.05) is 12.1 Å². The molecule has 2 aromatic heterocycles. The molecule has 3 aromatic rings. The van der Waals surface area contributed by atoms with Gasteiger partial charge in [-0.15, -0.1) is 11.3 Å². The molecule has 2 aliphatic heterocycles. The van der Waals surface area contributed by atoms with Crippen LogP contribution in [0.25, 0.3) is 10.2 Å². The van der Waals surface area contributed by atoms with Crippen LogP contribution in [0, 0.1) is 25.7 Å². The highest BCUT2D eigenvalue weighted by atomic mass is 32.1. The molecule has 0 aliphatic carbocycles. The van der Waals surface area contributed by atoms with Crippen LogP contribution in [-0.2, 0) is 4.79 Å². The summed E-state index contributed by atoms with van der Waals surface area (Å²) < 4.78 is 0. The van der Waals surface area contributed by atoms with Crippen LogP contribution in [0.1, 0.15) is 36.6 Å². The van der Waals surface area contributed by atoms with Crippen molar-refractivity contribution in [2.24, 2.45) is 11.8 Å². The summed E-state index contributed by atoms with van der Waals surface area (Å²) in [6.07, 6.45) is 4.59. The van der Waals surface area contributed by atoms with Crippen molar-refractivity contribution in [2.75, 3.05) is 41.3 Å². The number of nitrogens with one attached hydrogen (secondary N) is 1. The van der Waals surface area contributed by atoms with E-state index in [4.69, 9.17) is 0 Å². The van der Waals surface area contributed by atoms with E-state index in [1.54, 1.807) is 17.7 Å². The van der Waals surface area contributed by atoms with E-state index in [9.17, 15) is 4.79 Å². The summed E-state index contributed by atoms with van der Waals surface area (Å²) in [5, 5.41) is 4.31. The zero-order valence-corrected chi connectivity index (χ0v) is 19.9. The Balaban J connectivity index is 1.20. The Labute approximate surface area is 193 Å². The number of carbonyl (C=O) groups is 1. The largest absolute Gasteiger partial charge is 0.371 e. The first-order valence-corrected chi connectivity index (χ1v) is 12.4. The van der Waals surface area contributed by atoms with E-state index in [1.165, 1.54) is 27.9 Å². The molecule has 2 fully saturated rings. The molecule has 32 heavy (non-hydrogen) atoms. The maximum atomic E-state index is 12.9. The van der Waals surface area contributed by atoms with Crippen LogP contribution in [0.3, 0.4) is 0 Å². The van der Waals surface area contributed by atoms with E-state index in [-0.39, 0.29) is 11.8 Å². The maximum absolute atomic E-state index is 12.9. The van der Waals surface area contributed by atoms with Gasteiger partial charge in [0.05, 0.1) is 5.39 Å². The molecule has 0 bridgehead atoms. The number of piperidine rings is 1. The number of anilines is 3. The van der Waals surface area contributed by atoms with Crippen molar-refractivity contribution >= 4 is 44.7 Å². The summed E-state index contributed by atoms with van der Waals surface area (Å²) in [7, 11) is 0. The van der Waals surface area contributed by atoms with Crippen molar-refractivity contribution in [1.29, 1.82) is 0 Å². The smallest absolute Gasteiger partial charge is 0.227 e. The molecule has 2 aliphatic rings. The van der Waals surface area contributed by atoms with Crippen molar-refractivity contribution in [3.8, 4) is 0 Å². The van der Waals surface area contributed by atoms with Gasteiger partial charge in [-0.25, -0.2) is 9.97 Å². The third-order valence-electron chi connectivity index (χ3n) is 7.03. The molecule has 1 amide bonds. The molecule has 5 rings (SSSR count). The lowest BCUT2D eigenvalue weighted by atomic mass is 9.95.